The third-order valence-corrected chi connectivity index (χ3v) is 8.42. The van der Waals surface area contributed by atoms with Gasteiger partial charge in [-0.3, -0.25) is 4.79 Å². The van der Waals surface area contributed by atoms with Crippen molar-refractivity contribution in [2.24, 2.45) is 0 Å². The third-order valence-electron chi connectivity index (χ3n) is 8.42. The second-order valence-electron chi connectivity index (χ2n) is 11.7. The van der Waals surface area contributed by atoms with Crippen molar-refractivity contribution in [1.29, 1.82) is 0 Å². The van der Waals surface area contributed by atoms with Crippen molar-refractivity contribution in [2.75, 3.05) is 6.61 Å². The van der Waals surface area contributed by atoms with Crippen LogP contribution in [0.2, 0.25) is 0 Å². The Kier molecular flexibility index (Phi) is 10.8. The lowest BCUT2D eigenvalue weighted by molar-refractivity contribution is -0.176. The molecule has 1 fully saturated rings. The molecule has 1 heterocycles. The molecule has 0 radical (unpaired) electrons. The van der Waals surface area contributed by atoms with E-state index in [4.69, 9.17) is 23.7 Å². The van der Waals surface area contributed by atoms with E-state index in [2.05, 4.69) is 0 Å². The van der Waals surface area contributed by atoms with Crippen molar-refractivity contribution in [3.63, 3.8) is 0 Å². The molecule has 0 amide bonds. The third kappa shape index (κ3) is 7.50. The van der Waals surface area contributed by atoms with Gasteiger partial charge in [0.05, 0.1) is 17.7 Å². The predicted octanol–water partition coefficient (Wildman–Crippen LogP) is 6.10. The van der Waals surface area contributed by atoms with E-state index < -0.39 is 54.2 Å². The molecule has 1 saturated heterocycles. The maximum atomic E-state index is 13.6. The largest absolute Gasteiger partial charge is 0.453 e. The molecule has 9 heteroatoms. The Morgan fingerprint density at radius 2 is 1.04 bits per heavy atom. The Labute approximate surface area is 290 Å². The van der Waals surface area contributed by atoms with Crippen LogP contribution in [-0.2, 0) is 34.1 Å². The minimum absolute atomic E-state index is 0.222. The molecule has 1 aliphatic rings. The van der Waals surface area contributed by atoms with Gasteiger partial charge in [-0.2, -0.15) is 0 Å². The molecule has 5 aromatic carbocycles. The van der Waals surface area contributed by atoms with Crippen LogP contribution < -0.4 is 0 Å². The molecule has 9 nitrogen and oxygen atoms in total. The Morgan fingerprint density at radius 1 is 0.620 bits per heavy atom. The lowest BCUT2D eigenvalue weighted by Crippen LogP contribution is -2.48. The Morgan fingerprint density at radius 3 is 1.48 bits per heavy atom. The molecular formula is C41H36O9. The zero-order valence-electron chi connectivity index (χ0n) is 27.2. The predicted molar refractivity (Wildman–Crippen MR) is 183 cm³/mol. The number of esters is 3. The summed E-state index contributed by atoms with van der Waals surface area (Å²) < 4.78 is 30.4. The highest BCUT2D eigenvalue weighted by Crippen LogP contribution is 2.41. The average molecular weight is 673 g/mol. The molecule has 0 saturated carbocycles. The fraction of sp³-hybridized carbons (Fsp3) is 0.195. The van der Waals surface area contributed by atoms with Gasteiger partial charge in [0, 0.05) is 6.92 Å². The van der Waals surface area contributed by atoms with Gasteiger partial charge >= 0.3 is 17.9 Å². The van der Waals surface area contributed by atoms with Gasteiger partial charge in [0.1, 0.15) is 11.7 Å². The first-order valence-electron chi connectivity index (χ1n) is 16.2. The lowest BCUT2D eigenvalue weighted by Gasteiger charge is -2.38. The van der Waals surface area contributed by atoms with Crippen LogP contribution in [-0.4, -0.2) is 60.3 Å². The highest BCUT2D eigenvalue weighted by Gasteiger charge is 2.54. The number of aliphatic hydroxyl groups excluding tert-OH is 1. The smallest absolute Gasteiger partial charge is 0.338 e. The van der Waals surface area contributed by atoms with Gasteiger partial charge in [0.2, 0.25) is 0 Å². The number of benzene rings is 5. The maximum absolute atomic E-state index is 13.6. The van der Waals surface area contributed by atoms with E-state index in [0.717, 1.165) is 16.7 Å². The molecule has 0 aliphatic carbocycles. The van der Waals surface area contributed by atoms with Gasteiger partial charge in [0.15, 0.2) is 24.6 Å². The summed E-state index contributed by atoms with van der Waals surface area (Å²) >= 11 is 0. The number of hydrogen-bond acceptors (Lipinski definition) is 9. The van der Waals surface area contributed by atoms with Gasteiger partial charge < -0.3 is 28.8 Å². The first-order valence-corrected chi connectivity index (χ1v) is 16.2. The summed E-state index contributed by atoms with van der Waals surface area (Å²) in [6.07, 6.45) is -7.14. The van der Waals surface area contributed by atoms with Crippen LogP contribution in [0.4, 0.5) is 0 Å². The molecule has 0 bridgehead atoms. The molecule has 1 N–H and O–H groups in total. The van der Waals surface area contributed by atoms with Crippen molar-refractivity contribution in [3.8, 4) is 0 Å². The molecule has 0 aromatic heterocycles. The van der Waals surface area contributed by atoms with Crippen LogP contribution >= 0.6 is 0 Å². The van der Waals surface area contributed by atoms with E-state index in [1.54, 1.807) is 60.7 Å². The zero-order valence-corrected chi connectivity index (χ0v) is 27.2. The van der Waals surface area contributed by atoms with Crippen molar-refractivity contribution in [1.82, 2.24) is 0 Å². The van der Waals surface area contributed by atoms with Crippen molar-refractivity contribution < 1.29 is 43.2 Å². The second-order valence-corrected chi connectivity index (χ2v) is 11.7. The molecule has 1 aliphatic heterocycles. The summed E-state index contributed by atoms with van der Waals surface area (Å²) in [6.45, 7) is 0.862. The van der Waals surface area contributed by atoms with Crippen LogP contribution in [0.3, 0.4) is 0 Å². The zero-order chi connectivity index (χ0) is 34.9. The van der Waals surface area contributed by atoms with Gasteiger partial charge in [-0.15, -0.1) is 0 Å². The molecule has 5 atom stereocenters. The molecule has 0 unspecified atom stereocenters. The van der Waals surface area contributed by atoms with Crippen LogP contribution in [0.25, 0.3) is 0 Å². The van der Waals surface area contributed by atoms with Crippen molar-refractivity contribution in [2.45, 2.75) is 43.2 Å². The van der Waals surface area contributed by atoms with Gasteiger partial charge in [-0.05, 0) is 41.0 Å². The van der Waals surface area contributed by atoms with Crippen LogP contribution in [0.5, 0.6) is 0 Å². The van der Waals surface area contributed by atoms with E-state index in [-0.39, 0.29) is 17.7 Å². The second kappa shape index (κ2) is 15.7. The number of hydrogen-bond donors (Lipinski definition) is 1. The van der Waals surface area contributed by atoms with Gasteiger partial charge in [-0.25, -0.2) is 9.59 Å². The number of aliphatic hydroxyl groups is 1. The fourth-order valence-corrected chi connectivity index (χ4v) is 6.13. The van der Waals surface area contributed by atoms with Gasteiger partial charge in [0.25, 0.3) is 0 Å². The minimum Gasteiger partial charge on any atom is -0.453 e. The fourth-order valence-electron chi connectivity index (χ4n) is 6.13. The average Bonchev–Trinajstić information content (AvgIpc) is 3.46. The molecule has 5 aromatic rings. The van der Waals surface area contributed by atoms with E-state index in [9.17, 15) is 19.5 Å². The van der Waals surface area contributed by atoms with E-state index >= 15 is 0 Å². The summed E-state index contributed by atoms with van der Waals surface area (Å²) in [5.41, 5.74) is 1.64. The summed E-state index contributed by atoms with van der Waals surface area (Å²) in [5.74, 6) is -2.19. The normalized spacial score (nSPS) is 19.2. The van der Waals surface area contributed by atoms with Crippen LogP contribution in [0.1, 0.15) is 44.3 Å². The number of carbonyl (C=O) groups is 3. The summed E-state index contributed by atoms with van der Waals surface area (Å²) in [7, 11) is 0. The minimum atomic E-state index is -1.71. The summed E-state index contributed by atoms with van der Waals surface area (Å²) in [4.78, 5) is 39.2. The first-order chi connectivity index (χ1) is 24.4. The van der Waals surface area contributed by atoms with Crippen molar-refractivity contribution >= 4 is 17.9 Å². The lowest BCUT2D eigenvalue weighted by atomic mass is 9.80. The maximum Gasteiger partial charge on any atom is 0.338 e. The van der Waals surface area contributed by atoms with Crippen LogP contribution in [0.15, 0.2) is 152 Å². The monoisotopic (exact) mass is 672 g/mol. The number of carbonyl (C=O) groups excluding carboxylic acids is 3. The summed E-state index contributed by atoms with van der Waals surface area (Å²) in [6, 6.07) is 45.4. The SMILES string of the molecule is CC(=O)O[C@@H]1[C@@H](OC(=O)c2ccccc2)[C@H]([C@@H](COC(c2ccccc2)(c2ccccc2)c2ccccc2)OC(=O)c2ccccc2)O[C@H]1O. The first kappa shape index (κ1) is 34.3. The van der Waals surface area contributed by atoms with Gasteiger partial charge in [-0.1, -0.05) is 127 Å². The van der Waals surface area contributed by atoms with E-state index in [1.807, 2.05) is 91.0 Å². The summed E-state index contributed by atoms with van der Waals surface area (Å²) in [5, 5.41) is 11.1. The van der Waals surface area contributed by atoms with Crippen LogP contribution in [0, 0.1) is 0 Å². The van der Waals surface area contributed by atoms with Crippen molar-refractivity contribution in [3.05, 3.63) is 179 Å². The van der Waals surface area contributed by atoms with E-state index in [1.165, 1.54) is 6.92 Å². The molecule has 0 spiro atoms. The topological polar surface area (TPSA) is 118 Å². The highest BCUT2D eigenvalue weighted by atomic mass is 16.7. The molecule has 254 valence electrons. The molecule has 50 heavy (non-hydrogen) atoms. The molecular weight excluding hydrogens is 636 g/mol. The Bertz CT molecular complexity index is 1760. The highest BCUT2D eigenvalue weighted by molar-refractivity contribution is 5.90. The quantitative estimate of drug-likeness (QED) is 0.0954. The molecule has 6 rings (SSSR count). The number of ether oxygens (including phenoxy) is 5. The number of rotatable bonds is 12. The Balaban J connectivity index is 1.43. The van der Waals surface area contributed by atoms with E-state index in [0.29, 0.717) is 0 Å². The Hall–Kier alpha value is -5.61. The standard InChI is InChI=1S/C41H36O9/c1-28(42)47-37-36(50-39(44)30-19-9-3-10-20-30)35(49-40(37)45)34(48-38(43)29-17-7-2-8-18-29)27-46-41(31-21-11-4-12-22-31,32-23-13-5-14-24-32)33-25-15-6-16-26-33/h2-26,34-37,40,45H,27H2,1H3/t34-,35+,36+,37-,40-/m1/s1.